The number of esters is 1. The Bertz CT molecular complexity index is 1260. The van der Waals surface area contributed by atoms with Gasteiger partial charge in [-0.3, -0.25) is 4.79 Å². The molecule has 1 fully saturated rings. The van der Waals surface area contributed by atoms with Crippen LogP contribution in [-0.2, 0) is 9.53 Å². The minimum atomic E-state index is -0.477. The first-order chi connectivity index (χ1) is 16.5. The molecule has 0 aliphatic heterocycles. The Morgan fingerprint density at radius 1 is 1.26 bits per heavy atom. The summed E-state index contributed by atoms with van der Waals surface area (Å²) >= 11 is 9.82. The summed E-state index contributed by atoms with van der Waals surface area (Å²) in [6.07, 6.45) is 7.00. The number of ether oxygens (including phenoxy) is 2. The molecule has 2 aromatic carbocycles. The Kier molecular flexibility index (Phi) is 8.00. The van der Waals surface area contributed by atoms with Gasteiger partial charge in [0.1, 0.15) is 5.82 Å². The summed E-state index contributed by atoms with van der Waals surface area (Å²) in [5.41, 5.74) is 1.16. The van der Waals surface area contributed by atoms with E-state index in [1.54, 1.807) is 31.3 Å². The summed E-state index contributed by atoms with van der Waals surface area (Å²) < 4.78 is 12.4. The van der Waals surface area contributed by atoms with Crippen LogP contribution in [0.15, 0.2) is 50.8 Å². The average molecular weight is 547 g/mol. The molecule has 9 heteroatoms. The van der Waals surface area contributed by atoms with E-state index < -0.39 is 5.97 Å². The van der Waals surface area contributed by atoms with Crippen molar-refractivity contribution in [3.05, 3.63) is 67.6 Å². The second-order valence-corrected chi connectivity index (χ2v) is 9.35. The summed E-state index contributed by atoms with van der Waals surface area (Å²) in [4.78, 5) is 29.7. The van der Waals surface area contributed by atoms with Gasteiger partial charge in [-0.15, -0.1) is 0 Å². The van der Waals surface area contributed by atoms with Gasteiger partial charge in [0.2, 0.25) is 0 Å². The molecular formula is C25H25BrClN3O4. The van der Waals surface area contributed by atoms with Gasteiger partial charge in [0.15, 0.2) is 12.4 Å². The maximum Gasteiger partial charge on any atom is 0.344 e. The van der Waals surface area contributed by atoms with Crippen LogP contribution in [0.3, 0.4) is 0 Å². The zero-order valence-corrected chi connectivity index (χ0v) is 21.1. The predicted octanol–water partition coefficient (Wildman–Crippen LogP) is 5.68. The van der Waals surface area contributed by atoms with Gasteiger partial charge in [-0.25, -0.2) is 9.78 Å². The Labute approximate surface area is 210 Å². The molecule has 0 bridgehead atoms. The van der Waals surface area contributed by atoms with Crippen molar-refractivity contribution in [2.24, 2.45) is 5.10 Å². The van der Waals surface area contributed by atoms with Gasteiger partial charge in [0.25, 0.3) is 5.56 Å². The van der Waals surface area contributed by atoms with Crippen molar-refractivity contribution < 1.29 is 14.3 Å². The van der Waals surface area contributed by atoms with Crippen LogP contribution >= 0.6 is 27.5 Å². The van der Waals surface area contributed by atoms with Crippen LogP contribution < -0.4 is 10.3 Å². The number of halogens is 2. The third kappa shape index (κ3) is 5.50. The van der Waals surface area contributed by atoms with E-state index in [9.17, 15) is 9.59 Å². The third-order valence-electron chi connectivity index (χ3n) is 5.73. The molecule has 0 spiro atoms. The van der Waals surface area contributed by atoms with Crippen molar-refractivity contribution >= 4 is 50.6 Å². The predicted molar refractivity (Wildman–Crippen MR) is 136 cm³/mol. The number of hydrogen-bond donors (Lipinski definition) is 0. The van der Waals surface area contributed by atoms with Gasteiger partial charge < -0.3 is 9.47 Å². The molecule has 7 nitrogen and oxygen atoms in total. The van der Waals surface area contributed by atoms with E-state index in [0.29, 0.717) is 37.5 Å². The molecule has 0 saturated heterocycles. The number of hydrogen-bond acceptors (Lipinski definition) is 6. The minimum Gasteiger partial charge on any atom is -0.479 e. The van der Waals surface area contributed by atoms with Gasteiger partial charge in [-0.2, -0.15) is 9.78 Å². The molecule has 3 aromatic rings. The van der Waals surface area contributed by atoms with E-state index in [4.69, 9.17) is 26.1 Å². The Hall–Kier alpha value is -2.71. The van der Waals surface area contributed by atoms with E-state index in [-0.39, 0.29) is 24.7 Å². The topological polar surface area (TPSA) is 82.8 Å². The minimum absolute atomic E-state index is 0.192. The Morgan fingerprint density at radius 2 is 2.03 bits per heavy atom. The summed E-state index contributed by atoms with van der Waals surface area (Å²) in [5.74, 6) is 0.741. The molecule has 0 N–H and O–H groups in total. The smallest absolute Gasteiger partial charge is 0.344 e. The summed E-state index contributed by atoms with van der Waals surface area (Å²) in [5, 5.41) is 5.37. The third-order valence-corrected chi connectivity index (χ3v) is 6.60. The standard InChI is InChI=1S/C25H25BrClN3O4/c1-2-33-22(31)15-34-23-19(26)12-16(13-20(23)27)14-28-30-24(17-8-4-3-5-9-17)29-21-11-7-6-10-18(21)25(30)32/h6-7,10-14,17H,2-5,8-9,15H2,1H3. The number of fused-ring (bicyclic) bond motifs is 1. The first kappa shape index (κ1) is 24.4. The molecule has 0 amide bonds. The lowest BCUT2D eigenvalue weighted by Gasteiger charge is -2.22. The van der Waals surface area contributed by atoms with Gasteiger partial charge in [-0.1, -0.05) is 43.0 Å². The number of aromatic nitrogens is 2. The highest BCUT2D eigenvalue weighted by Gasteiger charge is 2.22. The van der Waals surface area contributed by atoms with Gasteiger partial charge in [0, 0.05) is 5.92 Å². The number of carbonyl (C=O) groups is 1. The maximum absolute atomic E-state index is 13.3. The monoisotopic (exact) mass is 545 g/mol. The Balaban J connectivity index is 1.67. The molecule has 0 radical (unpaired) electrons. The van der Waals surface area contributed by atoms with Crippen molar-refractivity contribution in [2.75, 3.05) is 13.2 Å². The van der Waals surface area contributed by atoms with E-state index in [2.05, 4.69) is 21.0 Å². The second-order valence-electron chi connectivity index (χ2n) is 8.09. The van der Waals surface area contributed by atoms with Gasteiger partial charge in [0.05, 0.1) is 33.2 Å². The van der Waals surface area contributed by atoms with E-state index in [1.165, 1.54) is 11.1 Å². The Morgan fingerprint density at radius 3 is 2.76 bits per heavy atom. The molecule has 1 saturated carbocycles. The van der Waals surface area contributed by atoms with E-state index in [1.807, 2.05) is 18.2 Å². The molecule has 1 aliphatic carbocycles. The van der Waals surface area contributed by atoms with Crippen LogP contribution in [-0.4, -0.2) is 35.1 Å². The lowest BCUT2D eigenvalue weighted by atomic mass is 9.88. The first-order valence-electron chi connectivity index (χ1n) is 11.3. The summed E-state index contributed by atoms with van der Waals surface area (Å²) in [7, 11) is 0. The van der Waals surface area contributed by atoms with Crippen molar-refractivity contribution in [1.29, 1.82) is 0 Å². The van der Waals surface area contributed by atoms with Crippen LogP contribution in [0.4, 0.5) is 0 Å². The number of para-hydroxylation sites is 1. The quantitative estimate of drug-likeness (QED) is 0.281. The SMILES string of the molecule is CCOC(=O)COc1c(Cl)cc(C=Nn2c(C3CCCCC3)nc3ccccc3c2=O)cc1Br. The van der Waals surface area contributed by atoms with E-state index in [0.717, 1.165) is 25.7 Å². The number of benzene rings is 2. The number of carbonyl (C=O) groups excluding carboxylic acids is 1. The highest BCUT2D eigenvalue weighted by atomic mass is 79.9. The molecule has 0 atom stereocenters. The number of nitrogens with zero attached hydrogens (tertiary/aromatic N) is 3. The zero-order valence-electron chi connectivity index (χ0n) is 18.8. The van der Waals surface area contributed by atoms with Crippen LogP contribution in [0.25, 0.3) is 10.9 Å². The molecule has 1 aliphatic rings. The summed E-state index contributed by atoms with van der Waals surface area (Å²) in [6, 6.07) is 10.8. The highest BCUT2D eigenvalue weighted by Crippen LogP contribution is 2.34. The zero-order chi connectivity index (χ0) is 24.1. The van der Waals surface area contributed by atoms with Crippen molar-refractivity contribution in [3.63, 3.8) is 0 Å². The molecule has 34 heavy (non-hydrogen) atoms. The van der Waals surface area contributed by atoms with Crippen LogP contribution in [0.1, 0.15) is 56.3 Å². The molecule has 178 valence electrons. The first-order valence-corrected chi connectivity index (χ1v) is 12.5. The van der Waals surface area contributed by atoms with Crippen molar-refractivity contribution in [3.8, 4) is 5.75 Å². The largest absolute Gasteiger partial charge is 0.479 e. The van der Waals surface area contributed by atoms with Crippen LogP contribution in [0, 0.1) is 0 Å². The highest BCUT2D eigenvalue weighted by molar-refractivity contribution is 9.10. The summed E-state index contributed by atoms with van der Waals surface area (Å²) in [6.45, 7) is 1.76. The number of rotatable bonds is 7. The normalized spacial score (nSPS) is 14.6. The van der Waals surface area contributed by atoms with Crippen LogP contribution in [0.2, 0.25) is 5.02 Å². The molecule has 4 rings (SSSR count). The van der Waals surface area contributed by atoms with Crippen molar-refractivity contribution in [1.82, 2.24) is 9.66 Å². The second kappa shape index (κ2) is 11.1. The lowest BCUT2D eigenvalue weighted by Crippen LogP contribution is -2.25. The van der Waals surface area contributed by atoms with Crippen LogP contribution in [0.5, 0.6) is 5.75 Å². The van der Waals surface area contributed by atoms with Gasteiger partial charge >= 0.3 is 5.97 Å². The molecule has 1 heterocycles. The fraction of sp³-hybridized carbons (Fsp3) is 0.360. The maximum atomic E-state index is 13.3. The molecule has 0 unspecified atom stereocenters. The van der Waals surface area contributed by atoms with E-state index >= 15 is 0 Å². The molecule has 1 aromatic heterocycles. The van der Waals surface area contributed by atoms with Gasteiger partial charge in [-0.05, 0) is 65.5 Å². The average Bonchev–Trinajstić information content (AvgIpc) is 2.83. The fourth-order valence-corrected chi connectivity index (χ4v) is 5.12. The van der Waals surface area contributed by atoms with Crippen molar-refractivity contribution in [2.45, 2.75) is 44.9 Å². The lowest BCUT2D eigenvalue weighted by molar-refractivity contribution is -0.145. The fourth-order valence-electron chi connectivity index (χ4n) is 4.13. The molecular weight excluding hydrogens is 522 g/mol.